The Bertz CT molecular complexity index is 650. The van der Waals surface area contributed by atoms with Crippen molar-refractivity contribution in [2.75, 3.05) is 13.2 Å². The average Bonchev–Trinajstić information content (AvgIpc) is 2.54. The Kier molecular flexibility index (Phi) is 6.66. The summed E-state index contributed by atoms with van der Waals surface area (Å²) in [5, 5.41) is 0. The fraction of sp³-hybridized carbons (Fsp3) is 0.200. The molecular weight excluding hydrogens is 432 g/mol. The van der Waals surface area contributed by atoms with Crippen molar-refractivity contribution in [1.29, 1.82) is 0 Å². The van der Waals surface area contributed by atoms with Gasteiger partial charge in [-0.05, 0) is 44.0 Å². The second-order valence-corrected chi connectivity index (χ2v) is 6.24. The number of rotatable bonds is 6. The number of carbonyl (C=O) groups is 2. The Labute approximate surface area is 149 Å². The normalized spacial score (nSPS) is 10.2. The molecule has 0 atom stereocenters. The molecule has 120 valence electrons. The first kappa shape index (κ1) is 17.6. The Morgan fingerprint density at radius 2 is 1.26 bits per heavy atom. The number of hydrogen-bond donors (Lipinski definition) is 0. The fourth-order valence-electron chi connectivity index (χ4n) is 1.60. The van der Waals surface area contributed by atoms with E-state index in [0.717, 1.165) is 0 Å². The Balaban J connectivity index is 1.69. The predicted molar refractivity (Wildman–Crippen MR) is 89.1 cm³/mol. The molecule has 8 heteroatoms. The molecule has 23 heavy (non-hydrogen) atoms. The second kappa shape index (κ2) is 8.73. The van der Waals surface area contributed by atoms with Gasteiger partial charge in [0.15, 0.2) is 0 Å². The number of esters is 2. The van der Waals surface area contributed by atoms with Gasteiger partial charge in [0.25, 0.3) is 0 Å². The average molecular weight is 444 g/mol. The SMILES string of the molecule is O=C(OCCCOC(=O)c1cncc(Br)c1)c1cncc(Br)c1. The minimum atomic E-state index is -0.471. The van der Waals surface area contributed by atoms with E-state index in [0.29, 0.717) is 26.5 Å². The summed E-state index contributed by atoms with van der Waals surface area (Å²) in [6, 6.07) is 3.24. The zero-order valence-electron chi connectivity index (χ0n) is 11.9. The third kappa shape index (κ3) is 5.72. The number of halogens is 2. The van der Waals surface area contributed by atoms with Crippen LogP contribution in [0.2, 0.25) is 0 Å². The third-order valence-corrected chi connectivity index (χ3v) is 3.50. The number of hydrogen-bond acceptors (Lipinski definition) is 6. The summed E-state index contributed by atoms with van der Waals surface area (Å²) < 4.78 is 11.6. The summed E-state index contributed by atoms with van der Waals surface area (Å²) in [5.74, 6) is -0.942. The van der Waals surface area contributed by atoms with Crippen molar-refractivity contribution < 1.29 is 19.1 Å². The zero-order chi connectivity index (χ0) is 16.7. The van der Waals surface area contributed by atoms with Gasteiger partial charge in [-0.15, -0.1) is 0 Å². The number of nitrogens with zero attached hydrogens (tertiary/aromatic N) is 2. The highest BCUT2D eigenvalue weighted by molar-refractivity contribution is 9.10. The van der Waals surface area contributed by atoms with Crippen LogP contribution in [0.5, 0.6) is 0 Å². The fourth-order valence-corrected chi connectivity index (χ4v) is 2.33. The van der Waals surface area contributed by atoms with Gasteiger partial charge in [-0.3, -0.25) is 9.97 Å². The molecule has 0 aliphatic carbocycles. The maximum absolute atomic E-state index is 11.7. The summed E-state index contributed by atoms with van der Waals surface area (Å²) in [7, 11) is 0. The monoisotopic (exact) mass is 442 g/mol. The van der Waals surface area contributed by atoms with E-state index >= 15 is 0 Å². The summed E-state index contributed by atoms with van der Waals surface area (Å²) >= 11 is 6.46. The molecule has 0 bridgehead atoms. The van der Waals surface area contributed by atoms with E-state index in [1.165, 1.54) is 12.4 Å². The smallest absolute Gasteiger partial charge is 0.339 e. The minimum absolute atomic E-state index is 0.148. The van der Waals surface area contributed by atoms with E-state index in [2.05, 4.69) is 41.8 Å². The van der Waals surface area contributed by atoms with Gasteiger partial charge >= 0.3 is 11.9 Å². The molecule has 2 aromatic rings. The van der Waals surface area contributed by atoms with Crippen molar-refractivity contribution in [3.63, 3.8) is 0 Å². The van der Waals surface area contributed by atoms with E-state index in [4.69, 9.17) is 9.47 Å². The first-order chi connectivity index (χ1) is 11.1. The van der Waals surface area contributed by atoms with Crippen molar-refractivity contribution in [2.45, 2.75) is 6.42 Å². The zero-order valence-corrected chi connectivity index (χ0v) is 15.0. The molecule has 0 aliphatic heterocycles. The molecule has 0 saturated heterocycles. The molecule has 2 aromatic heterocycles. The van der Waals surface area contributed by atoms with Gasteiger partial charge in [0.05, 0.1) is 24.3 Å². The molecule has 0 aromatic carbocycles. The first-order valence-corrected chi connectivity index (χ1v) is 8.20. The molecule has 0 N–H and O–H groups in total. The van der Waals surface area contributed by atoms with Crippen LogP contribution in [0, 0.1) is 0 Å². The lowest BCUT2D eigenvalue weighted by Crippen LogP contribution is -2.11. The summed E-state index contributed by atoms with van der Waals surface area (Å²) in [4.78, 5) is 31.3. The summed E-state index contributed by atoms with van der Waals surface area (Å²) in [6.45, 7) is 0.296. The van der Waals surface area contributed by atoms with Gasteiger partial charge in [-0.2, -0.15) is 0 Å². The lowest BCUT2D eigenvalue weighted by atomic mass is 10.3. The largest absolute Gasteiger partial charge is 0.462 e. The van der Waals surface area contributed by atoms with Crippen LogP contribution in [0.15, 0.2) is 45.9 Å². The number of pyridine rings is 2. The van der Waals surface area contributed by atoms with Gasteiger partial charge in [0.2, 0.25) is 0 Å². The molecule has 2 rings (SSSR count). The van der Waals surface area contributed by atoms with Crippen LogP contribution < -0.4 is 0 Å². The molecule has 0 spiro atoms. The van der Waals surface area contributed by atoms with E-state index < -0.39 is 11.9 Å². The lowest BCUT2D eigenvalue weighted by Gasteiger charge is -2.06. The third-order valence-electron chi connectivity index (χ3n) is 2.64. The van der Waals surface area contributed by atoms with Crippen LogP contribution in [0.4, 0.5) is 0 Å². The molecule has 0 amide bonds. The van der Waals surface area contributed by atoms with Crippen molar-refractivity contribution in [2.24, 2.45) is 0 Å². The van der Waals surface area contributed by atoms with Crippen molar-refractivity contribution in [3.8, 4) is 0 Å². The van der Waals surface area contributed by atoms with Crippen molar-refractivity contribution in [1.82, 2.24) is 9.97 Å². The summed E-state index contributed by atoms with van der Waals surface area (Å²) in [5.41, 5.74) is 0.716. The summed E-state index contributed by atoms with van der Waals surface area (Å²) in [6.07, 6.45) is 6.40. The first-order valence-electron chi connectivity index (χ1n) is 6.61. The van der Waals surface area contributed by atoms with Crippen LogP contribution >= 0.6 is 31.9 Å². The molecule has 0 unspecified atom stereocenters. The van der Waals surface area contributed by atoms with E-state index in [-0.39, 0.29) is 13.2 Å². The molecule has 0 radical (unpaired) electrons. The molecule has 2 heterocycles. The van der Waals surface area contributed by atoms with Crippen molar-refractivity contribution >= 4 is 43.8 Å². The van der Waals surface area contributed by atoms with Gasteiger partial charge in [-0.1, -0.05) is 0 Å². The van der Waals surface area contributed by atoms with Crippen LogP contribution in [-0.2, 0) is 9.47 Å². The van der Waals surface area contributed by atoms with Crippen molar-refractivity contribution in [3.05, 3.63) is 57.0 Å². The Hall–Kier alpha value is -1.80. The number of aromatic nitrogens is 2. The van der Waals surface area contributed by atoms with Crippen LogP contribution in [-0.4, -0.2) is 35.1 Å². The quantitative estimate of drug-likeness (QED) is 0.502. The molecule has 0 fully saturated rings. The topological polar surface area (TPSA) is 78.4 Å². The number of ether oxygens (including phenoxy) is 2. The number of carbonyl (C=O) groups excluding carboxylic acids is 2. The second-order valence-electron chi connectivity index (χ2n) is 4.41. The van der Waals surface area contributed by atoms with E-state index in [1.54, 1.807) is 24.5 Å². The van der Waals surface area contributed by atoms with E-state index in [1.807, 2.05) is 0 Å². The van der Waals surface area contributed by atoms with E-state index in [9.17, 15) is 9.59 Å². The highest BCUT2D eigenvalue weighted by Crippen LogP contribution is 2.11. The maximum atomic E-state index is 11.7. The molecular formula is C15H12Br2N2O4. The maximum Gasteiger partial charge on any atom is 0.339 e. The highest BCUT2D eigenvalue weighted by atomic mass is 79.9. The van der Waals surface area contributed by atoms with Gasteiger partial charge in [0.1, 0.15) is 0 Å². The van der Waals surface area contributed by atoms with Crippen LogP contribution in [0.25, 0.3) is 0 Å². The highest BCUT2D eigenvalue weighted by Gasteiger charge is 2.10. The standard InChI is InChI=1S/C15H12Br2N2O4/c16-12-4-10(6-18-8-12)14(20)22-2-1-3-23-15(21)11-5-13(17)9-19-7-11/h4-9H,1-3H2. The lowest BCUT2D eigenvalue weighted by molar-refractivity contribution is 0.0395. The molecule has 0 saturated carbocycles. The molecule has 6 nitrogen and oxygen atoms in total. The Morgan fingerprint density at radius 3 is 1.65 bits per heavy atom. The van der Waals surface area contributed by atoms with Crippen LogP contribution in [0.1, 0.15) is 27.1 Å². The molecule has 0 aliphatic rings. The van der Waals surface area contributed by atoms with Gasteiger partial charge in [0, 0.05) is 40.2 Å². The predicted octanol–water partition coefficient (Wildman–Crippen LogP) is 3.41. The van der Waals surface area contributed by atoms with Gasteiger partial charge < -0.3 is 9.47 Å². The van der Waals surface area contributed by atoms with Gasteiger partial charge in [-0.25, -0.2) is 9.59 Å². The minimum Gasteiger partial charge on any atom is -0.462 e. The Morgan fingerprint density at radius 1 is 0.826 bits per heavy atom. The van der Waals surface area contributed by atoms with Crippen LogP contribution in [0.3, 0.4) is 0 Å².